The highest BCUT2D eigenvalue weighted by Crippen LogP contribution is 2.20. The van der Waals surface area contributed by atoms with Crippen molar-refractivity contribution < 1.29 is 13.2 Å². The molecule has 1 N–H and O–H groups in total. The van der Waals surface area contributed by atoms with Gasteiger partial charge in [-0.15, -0.1) is 0 Å². The second-order valence-electron chi connectivity index (χ2n) is 5.06. The lowest BCUT2D eigenvalue weighted by molar-refractivity contribution is 0.122. The van der Waals surface area contributed by atoms with Gasteiger partial charge in [-0.1, -0.05) is 15.9 Å². The summed E-state index contributed by atoms with van der Waals surface area (Å²) in [5.41, 5.74) is 0.435. The number of anilines is 2. The molecule has 0 atom stereocenters. The zero-order valence-corrected chi connectivity index (χ0v) is 14.7. The second kappa shape index (κ2) is 6.86. The standard InChI is InChI=1S/C15H16BrN3O3S/c16-12-1-4-14(5-2-12)23(20,21)18-13-3-6-15(17-11-13)19-7-9-22-10-8-19/h1-6,11,18H,7-10H2. The molecule has 1 aliphatic rings. The summed E-state index contributed by atoms with van der Waals surface area (Å²) in [4.78, 5) is 6.64. The maximum absolute atomic E-state index is 12.3. The first kappa shape index (κ1) is 16.2. The van der Waals surface area contributed by atoms with E-state index in [4.69, 9.17) is 4.74 Å². The van der Waals surface area contributed by atoms with E-state index in [-0.39, 0.29) is 4.90 Å². The highest BCUT2D eigenvalue weighted by atomic mass is 79.9. The van der Waals surface area contributed by atoms with Crippen LogP contribution in [0.15, 0.2) is 52.0 Å². The average molecular weight is 398 g/mol. The molecule has 6 nitrogen and oxygen atoms in total. The Kier molecular flexibility index (Phi) is 4.84. The van der Waals surface area contributed by atoms with Gasteiger partial charge in [0.2, 0.25) is 0 Å². The van der Waals surface area contributed by atoms with Gasteiger partial charge in [0.05, 0.1) is 30.0 Å². The van der Waals surface area contributed by atoms with E-state index in [0.717, 1.165) is 23.4 Å². The molecule has 1 fully saturated rings. The van der Waals surface area contributed by atoms with Gasteiger partial charge in [-0.3, -0.25) is 4.72 Å². The number of rotatable bonds is 4. The lowest BCUT2D eigenvalue weighted by Crippen LogP contribution is -2.36. The van der Waals surface area contributed by atoms with Crippen LogP contribution in [-0.2, 0) is 14.8 Å². The fraction of sp³-hybridized carbons (Fsp3) is 0.267. The molecule has 0 spiro atoms. The lowest BCUT2D eigenvalue weighted by atomic mass is 10.3. The smallest absolute Gasteiger partial charge is 0.261 e. The zero-order chi connectivity index (χ0) is 16.3. The molecule has 8 heteroatoms. The second-order valence-corrected chi connectivity index (χ2v) is 7.66. The van der Waals surface area contributed by atoms with Crippen LogP contribution in [0, 0.1) is 0 Å². The van der Waals surface area contributed by atoms with Gasteiger partial charge in [0.25, 0.3) is 10.0 Å². The van der Waals surface area contributed by atoms with Crippen LogP contribution >= 0.6 is 15.9 Å². The first-order valence-corrected chi connectivity index (χ1v) is 9.39. The molecule has 3 rings (SSSR count). The summed E-state index contributed by atoms with van der Waals surface area (Å²) >= 11 is 3.29. The van der Waals surface area contributed by atoms with E-state index < -0.39 is 10.0 Å². The van der Waals surface area contributed by atoms with Gasteiger partial charge in [0.1, 0.15) is 5.82 Å². The Bertz CT molecular complexity index is 758. The number of aromatic nitrogens is 1. The Hall–Kier alpha value is -1.64. The summed E-state index contributed by atoms with van der Waals surface area (Å²) in [6.45, 7) is 2.94. The molecule has 23 heavy (non-hydrogen) atoms. The molecule has 0 saturated carbocycles. The molecular weight excluding hydrogens is 382 g/mol. The van der Waals surface area contributed by atoms with E-state index in [1.54, 1.807) is 30.3 Å². The fourth-order valence-electron chi connectivity index (χ4n) is 2.25. The average Bonchev–Trinajstić information content (AvgIpc) is 2.56. The Morgan fingerprint density at radius 3 is 2.39 bits per heavy atom. The van der Waals surface area contributed by atoms with Crippen molar-refractivity contribution in [2.24, 2.45) is 0 Å². The molecule has 0 amide bonds. The van der Waals surface area contributed by atoms with Gasteiger partial charge in [0, 0.05) is 17.6 Å². The van der Waals surface area contributed by atoms with Crippen LogP contribution in [0.2, 0.25) is 0 Å². The van der Waals surface area contributed by atoms with Crippen molar-refractivity contribution in [1.29, 1.82) is 0 Å². The molecule has 0 aliphatic carbocycles. The summed E-state index contributed by atoms with van der Waals surface area (Å²) in [7, 11) is -3.61. The van der Waals surface area contributed by atoms with E-state index in [2.05, 4.69) is 30.5 Å². The van der Waals surface area contributed by atoms with Crippen molar-refractivity contribution >= 4 is 37.5 Å². The van der Waals surface area contributed by atoms with Crippen molar-refractivity contribution in [2.45, 2.75) is 4.90 Å². The predicted molar refractivity (Wildman–Crippen MR) is 92.2 cm³/mol. The third-order valence-electron chi connectivity index (χ3n) is 3.46. The zero-order valence-electron chi connectivity index (χ0n) is 12.3. The Morgan fingerprint density at radius 2 is 1.78 bits per heavy atom. The van der Waals surface area contributed by atoms with Gasteiger partial charge in [-0.25, -0.2) is 13.4 Å². The van der Waals surface area contributed by atoms with E-state index >= 15 is 0 Å². The first-order chi connectivity index (χ1) is 11.0. The minimum absolute atomic E-state index is 0.206. The van der Waals surface area contributed by atoms with Gasteiger partial charge in [0.15, 0.2) is 0 Å². The van der Waals surface area contributed by atoms with Crippen LogP contribution in [0.1, 0.15) is 0 Å². The highest BCUT2D eigenvalue weighted by Gasteiger charge is 2.15. The Labute approximate surface area is 143 Å². The van der Waals surface area contributed by atoms with E-state index in [0.29, 0.717) is 18.9 Å². The molecule has 1 aromatic carbocycles. The number of hydrogen-bond donors (Lipinski definition) is 1. The molecular formula is C15H16BrN3O3S. The molecule has 122 valence electrons. The van der Waals surface area contributed by atoms with Crippen molar-refractivity contribution in [1.82, 2.24) is 4.98 Å². The minimum atomic E-state index is -3.61. The summed E-state index contributed by atoms with van der Waals surface area (Å²) in [6.07, 6.45) is 1.53. The monoisotopic (exact) mass is 397 g/mol. The van der Waals surface area contributed by atoms with Gasteiger partial charge >= 0.3 is 0 Å². The van der Waals surface area contributed by atoms with Gasteiger partial charge < -0.3 is 9.64 Å². The maximum Gasteiger partial charge on any atom is 0.261 e. The Balaban J connectivity index is 1.73. The summed E-state index contributed by atoms with van der Waals surface area (Å²) in [5, 5.41) is 0. The quantitative estimate of drug-likeness (QED) is 0.857. The molecule has 1 aliphatic heterocycles. The van der Waals surface area contributed by atoms with Crippen LogP contribution in [0.3, 0.4) is 0 Å². The van der Waals surface area contributed by atoms with Crippen molar-refractivity contribution in [3.63, 3.8) is 0 Å². The SMILES string of the molecule is O=S(=O)(Nc1ccc(N2CCOCC2)nc1)c1ccc(Br)cc1. The third kappa shape index (κ3) is 4.01. The molecule has 2 heterocycles. The number of benzene rings is 1. The number of halogens is 1. The number of pyridine rings is 1. The topological polar surface area (TPSA) is 71.5 Å². The van der Waals surface area contributed by atoms with Crippen molar-refractivity contribution in [3.05, 3.63) is 47.1 Å². The molecule has 2 aromatic rings. The first-order valence-electron chi connectivity index (χ1n) is 7.12. The van der Waals surface area contributed by atoms with Crippen LogP contribution in [0.4, 0.5) is 11.5 Å². The van der Waals surface area contributed by atoms with E-state index in [9.17, 15) is 8.42 Å². The van der Waals surface area contributed by atoms with Crippen LogP contribution in [0.25, 0.3) is 0 Å². The number of hydrogen-bond acceptors (Lipinski definition) is 5. The summed E-state index contributed by atoms with van der Waals surface area (Å²) in [5.74, 6) is 0.819. The number of sulfonamides is 1. The summed E-state index contributed by atoms with van der Waals surface area (Å²) in [6, 6.07) is 9.99. The summed E-state index contributed by atoms with van der Waals surface area (Å²) < 4.78 is 33.3. The predicted octanol–water partition coefficient (Wildman–Crippen LogP) is 2.48. The maximum atomic E-state index is 12.3. The number of nitrogens with zero attached hydrogens (tertiary/aromatic N) is 2. The van der Waals surface area contributed by atoms with E-state index in [1.165, 1.54) is 6.20 Å². The Morgan fingerprint density at radius 1 is 1.09 bits per heavy atom. The molecule has 0 unspecified atom stereocenters. The largest absolute Gasteiger partial charge is 0.378 e. The molecule has 0 bridgehead atoms. The fourth-order valence-corrected chi connectivity index (χ4v) is 3.56. The normalized spacial score (nSPS) is 15.4. The van der Waals surface area contributed by atoms with Gasteiger partial charge in [-0.05, 0) is 36.4 Å². The number of nitrogens with one attached hydrogen (secondary N) is 1. The molecule has 1 aromatic heterocycles. The minimum Gasteiger partial charge on any atom is -0.378 e. The lowest BCUT2D eigenvalue weighted by Gasteiger charge is -2.27. The van der Waals surface area contributed by atoms with E-state index in [1.807, 2.05) is 6.07 Å². The van der Waals surface area contributed by atoms with Crippen LogP contribution in [0.5, 0.6) is 0 Å². The molecule has 1 saturated heterocycles. The highest BCUT2D eigenvalue weighted by molar-refractivity contribution is 9.10. The molecule has 0 radical (unpaired) electrons. The van der Waals surface area contributed by atoms with Crippen LogP contribution < -0.4 is 9.62 Å². The number of ether oxygens (including phenoxy) is 1. The van der Waals surface area contributed by atoms with Crippen molar-refractivity contribution in [2.75, 3.05) is 35.9 Å². The van der Waals surface area contributed by atoms with Gasteiger partial charge in [-0.2, -0.15) is 0 Å². The van der Waals surface area contributed by atoms with Crippen LogP contribution in [-0.4, -0.2) is 39.7 Å². The van der Waals surface area contributed by atoms with Crippen molar-refractivity contribution in [3.8, 4) is 0 Å². The third-order valence-corrected chi connectivity index (χ3v) is 5.38. The number of morpholine rings is 1.